The number of carbonyl (C=O) groups excluding carboxylic acids is 1. The van der Waals surface area contributed by atoms with Crippen molar-refractivity contribution in [3.05, 3.63) is 84.3 Å². The number of hydrogen-bond acceptors (Lipinski definition) is 8. The lowest BCUT2D eigenvalue weighted by Gasteiger charge is -2.30. The number of rotatable bonds is 11. The van der Waals surface area contributed by atoms with Crippen LogP contribution >= 0.6 is 0 Å². The second kappa shape index (κ2) is 13.1. The summed E-state index contributed by atoms with van der Waals surface area (Å²) in [4.78, 5) is 19.8. The minimum Gasteiger partial charge on any atom is -0.493 e. The van der Waals surface area contributed by atoms with Crippen LogP contribution in [0.5, 0.6) is 17.2 Å². The summed E-state index contributed by atoms with van der Waals surface area (Å²) in [6.45, 7) is 2.66. The van der Waals surface area contributed by atoms with Crippen molar-refractivity contribution in [3.8, 4) is 28.6 Å². The molecule has 40 heavy (non-hydrogen) atoms. The molecule has 1 saturated heterocycles. The van der Waals surface area contributed by atoms with E-state index in [2.05, 4.69) is 32.5 Å². The molecule has 1 aliphatic heterocycles. The van der Waals surface area contributed by atoms with Gasteiger partial charge in [0.2, 0.25) is 17.6 Å². The number of nitrogens with one attached hydrogen (secondary N) is 1. The topological polar surface area (TPSA) is 99.0 Å². The summed E-state index contributed by atoms with van der Waals surface area (Å²) < 4.78 is 22.1. The minimum absolute atomic E-state index is 0.0367. The summed E-state index contributed by atoms with van der Waals surface area (Å²) in [5, 5.41) is 7.20. The Morgan fingerprint density at radius 1 is 0.975 bits per heavy atom. The van der Waals surface area contributed by atoms with E-state index in [1.165, 1.54) is 5.56 Å². The third-order valence-electron chi connectivity index (χ3n) is 7.03. The Hall–Kier alpha value is -4.37. The molecule has 9 heteroatoms. The van der Waals surface area contributed by atoms with Crippen molar-refractivity contribution in [2.75, 3.05) is 39.2 Å². The van der Waals surface area contributed by atoms with Gasteiger partial charge in [0.05, 0.1) is 27.4 Å². The van der Waals surface area contributed by atoms with Crippen LogP contribution in [0.3, 0.4) is 0 Å². The van der Waals surface area contributed by atoms with E-state index < -0.39 is 0 Å². The first-order valence-corrected chi connectivity index (χ1v) is 13.5. The number of ether oxygens (including phenoxy) is 3. The van der Waals surface area contributed by atoms with Gasteiger partial charge in [0, 0.05) is 29.7 Å². The number of nitrogens with zero attached hydrogens (tertiary/aromatic N) is 3. The highest BCUT2D eigenvalue weighted by Crippen LogP contribution is 2.31. The Morgan fingerprint density at radius 2 is 1.77 bits per heavy atom. The number of anilines is 1. The Morgan fingerprint density at radius 3 is 2.55 bits per heavy atom. The lowest BCUT2D eigenvalue weighted by atomic mass is 9.96. The molecular weight excluding hydrogens is 508 g/mol. The van der Waals surface area contributed by atoms with E-state index in [1.807, 2.05) is 60.7 Å². The van der Waals surface area contributed by atoms with Gasteiger partial charge in [-0.15, -0.1) is 0 Å². The van der Waals surface area contributed by atoms with Crippen molar-refractivity contribution < 1.29 is 23.5 Å². The van der Waals surface area contributed by atoms with Crippen LogP contribution in [-0.4, -0.2) is 54.9 Å². The van der Waals surface area contributed by atoms with Gasteiger partial charge in [0.1, 0.15) is 5.75 Å². The molecule has 0 saturated carbocycles. The van der Waals surface area contributed by atoms with Crippen LogP contribution in [0, 0.1) is 5.92 Å². The normalized spacial score (nSPS) is 14.1. The number of likely N-dealkylation sites (tertiary alicyclic amines) is 1. The third-order valence-corrected chi connectivity index (χ3v) is 7.03. The molecule has 0 aliphatic carbocycles. The highest BCUT2D eigenvalue weighted by atomic mass is 16.5. The molecule has 208 valence electrons. The fraction of sp³-hybridized carbons (Fsp3) is 0.323. The average molecular weight is 543 g/mol. The lowest BCUT2D eigenvalue weighted by molar-refractivity contribution is -0.121. The van der Waals surface area contributed by atoms with Crippen molar-refractivity contribution >= 4 is 11.6 Å². The molecule has 0 atom stereocenters. The molecule has 1 aliphatic rings. The first kappa shape index (κ1) is 27.2. The molecule has 0 bridgehead atoms. The summed E-state index contributed by atoms with van der Waals surface area (Å²) in [5.74, 6) is 3.01. The monoisotopic (exact) mass is 542 g/mol. The number of benzene rings is 3. The van der Waals surface area contributed by atoms with E-state index in [9.17, 15) is 4.79 Å². The van der Waals surface area contributed by atoms with E-state index >= 15 is 0 Å². The number of methoxy groups -OCH3 is 2. The molecule has 0 radical (unpaired) electrons. The van der Waals surface area contributed by atoms with Gasteiger partial charge >= 0.3 is 0 Å². The van der Waals surface area contributed by atoms with E-state index in [1.54, 1.807) is 14.2 Å². The molecule has 1 aromatic heterocycles. The highest BCUT2D eigenvalue weighted by Gasteiger charge is 2.26. The molecule has 0 unspecified atom stereocenters. The Kier molecular flexibility index (Phi) is 8.93. The van der Waals surface area contributed by atoms with Crippen molar-refractivity contribution in [1.29, 1.82) is 0 Å². The minimum atomic E-state index is -0.0519. The Bertz CT molecular complexity index is 1400. The molecule has 9 nitrogen and oxygen atoms in total. The maximum Gasteiger partial charge on any atom is 0.241 e. The Balaban J connectivity index is 1.08. The van der Waals surface area contributed by atoms with Gasteiger partial charge in [0.15, 0.2) is 11.5 Å². The lowest BCUT2D eigenvalue weighted by Crippen LogP contribution is -2.37. The van der Waals surface area contributed by atoms with Crippen molar-refractivity contribution in [3.63, 3.8) is 0 Å². The van der Waals surface area contributed by atoms with Gasteiger partial charge in [0.25, 0.3) is 0 Å². The first-order valence-electron chi connectivity index (χ1n) is 13.5. The zero-order chi connectivity index (χ0) is 27.7. The van der Waals surface area contributed by atoms with E-state index in [4.69, 9.17) is 18.7 Å². The molecule has 1 amide bonds. The predicted octanol–water partition coefficient (Wildman–Crippen LogP) is 5.23. The number of amides is 1. The SMILES string of the molecule is COc1ccc(-c2noc(CN3CCC(C(=O)Nc4cccc(OCCc5ccccc5)c4)CC3)n2)cc1OC. The van der Waals surface area contributed by atoms with Crippen LogP contribution in [0.2, 0.25) is 0 Å². The Labute approximate surface area is 234 Å². The van der Waals surface area contributed by atoms with Gasteiger partial charge in [-0.25, -0.2) is 0 Å². The molecular formula is C31H34N4O5. The van der Waals surface area contributed by atoms with Gasteiger partial charge in [-0.1, -0.05) is 41.6 Å². The molecule has 0 spiro atoms. The predicted molar refractivity (Wildman–Crippen MR) is 152 cm³/mol. The quantitative estimate of drug-likeness (QED) is 0.275. The van der Waals surface area contributed by atoms with E-state index in [0.29, 0.717) is 36.4 Å². The van der Waals surface area contributed by atoms with Crippen LogP contribution in [-0.2, 0) is 17.8 Å². The fourth-order valence-electron chi connectivity index (χ4n) is 4.80. The zero-order valence-electron chi connectivity index (χ0n) is 22.8. The summed E-state index contributed by atoms with van der Waals surface area (Å²) in [6, 6.07) is 23.3. The van der Waals surface area contributed by atoms with Crippen molar-refractivity contribution in [1.82, 2.24) is 15.0 Å². The van der Waals surface area contributed by atoms with Gasteiger partial charge in [-0.2, -0.15) is 4.98 Å². The second-order valence-corrected chi connectivity index (χ2v) is 9.73. The number of piperidine rings is 1. The van der Waals surface area contributed by atoms with Crippen LogP contribution in [0.25, 0.3) is 11.4 Å². The number of carbonyl (C=O) groups is 1. The van der Waals surface area contributed by atoms with Crippen LogP contribution in [0.4, 0.5) is 5.69 Å². The van der Waals surface area contributed by atoms with Gasteiger partial charge in [-0.05, 0) is 61.8 Å². The average Bonchev–Trinajstić information content (AvgIpc) is 3.46. The maximum absolute atomic E-state index is 13.0. The summed E-state index contributed by atoms with van der Waals surface area (Å²) in [7, 11) is 3.19. The largest absolute Gasteiger partial charge is 0.493 e. The third kappa shape index (κ3) is 6.98. The summed E-state index contributed by atoms with van der Waals surface area (Å²) >= 11 is 0. The highest BCUT2D eigenvalue weighted by molar-refractivity contribution is 5.92. The van der Waals surface area contributed by atoms with Crippen molar-refractivity contribution in [2.45, 2.75) is 25.8 Å². The molecule has 3 aromatic carbocycles. The summed E-state index contributed by atoms with van der Waals surface area (Å²) in [6.07, 6.45) is 2.35. The van der Waals surface area contributed by atoms with E-state index in [0.717, 1.165) is 49.4 Å². The molecule has 1 fully saturated rings. The number of hydrogen-bond donors (Lipinski definition) is 1. The second-order valence-electron chi connectivity index (χ2n) is 9.73. The van der Waals surface area contributed by atoms with Crippen molar-refractivity contribution in [2.24, 2.45) is 5.92 Å². The van der Waals surface area contributed by atoms with Crippen LogP contribution < -0.4 is 19.5 Å². The molecule has 1 N–H and O–H groups in total. The molecule has 5 rings (SSSR count). The van der Waals surface area contributed by atoms with Crippen LogP contribution in [0.15, 0.2) is 77.3 Å². The molecule has 2 heterocycles. The van der Waals surface area contributed by atoms with Gasteiger partial charge < -0.3 is 24.1 Å². The fourth-order valence-corrected chi connectivity index (χ4v) is 4.80. The van der Waals surface area contributed by atoms with Crippen LogP contribution in [0.1, 0.15) is 24.3 Å². The summed E-state index contributed by atoms with van der Waals surface area (Å²) in [5.41, 5.74) is 2.77. The zero-order valence-corrected chi connectivity index (χ0v) is 22.8. The first-order chi connectivity index (χ1) is 19.6. The maximum atomic E-state index is 13.0. The van der Waals surface area contributed by atoms with E-state index in [-0.39, 0.29) is 11.8 Å². The van der Waals surface area contributed by atoms with Gasteiger partial charge in [-0.3, -0.25) is 9.69 Å². The number of aromatic nitrogens is 2. The standard InChI is InChI=1S/C31H34N4O5/c1-37-27-12-11-24(19-28(27)38-2)30-33-29(40-34-30)21-35-16-13-23(14-17-35)31(36)32-25-9-6-10-26(20-25)39-18-15-22-7-4-3-5-8-22/h3-12,19-20,23H,13-18,21H2,1-2H3,(H,32,36). The molecule has 4 aromatic rings. The smallest absolute Gasteiger partial charge is 0.241 e.